The number of para-hydroxylation sites is 4. The third kappa shape index (κ3) is 4.07. The first-order valence-corrected chi connectivity index (χ1v) is 10.6. The van der Waals surface area contributed by atoms with Crippen molar-refractivity contribution in [3.63, 3.8) is 0 Å². The number of aromatic nitrogens is 2. The number of carbonyl (C=O) groups excluding carboxylic acids is 1. The normalized spacial score (nSPS) is 12.2. The topological polar surface area (TPSA) is 69.3 Å². The van der Waals surface area contributed by atoms with Gasteiger partial charge in [-0.1, -0.05) is 48.5 Å². The number of fused-ring (bicyclic) bond motifs is 2. The zero-order chi connectivity index (χ0) is 21.9. The molecule has 1 amide bonds. The van der Waals surface area contributed by atoms with Crippen LogP contribution < -0.4 is 10.1 Å². The van der Waals surface area contributed by atoms with Gasteiger partial charge in [-0.25, -0.2) is 4.98 Å². The quantitative estimate of drug-likeness (QED) is 0.387. The van der Waals surface area contributed by atoms with Crippen LogP contribution in [0.1, 0.15) is 24.6 Å². The average molecular weight is 425 g/mol. The lowest BCUT2D eigenvalue weighted by molar-refractivity contribution is -0.122. The van der Waals surface area contributed by atoms with Gasteiger partial charge in [0, 0.05) is 5.39 Å². The Bertz CT molecular complexity index is 1340. The zero-order valence-electron chi connectivity index (χ0n) is 17.7. The van der Waals surface area contributed by atoms with Gasteiger partial charge in [-0.2, -0.15) is 0 Å². The molecule has 0 aliphatic heterocycles. The Kier molecular flexibility index (Phi) is 5.34. The Morgan fingerprint density at radius 1 is 1.03 bits per heavy atom. The lowest BCUT2D eigenvalue weighted by Gasteiger charge is -2.14. The number of benzene rings is 3. The highest BCUT2D eigenvalue weighted by Gasteiger charge is 2.18. The minimum atomic E-state index is -0.256. The van der Waals surface area contributed by atoms with Gasteiger partial charge in [0.05, 0.1) is 17.1 Å². The third-order valence-electron chi connectivity index (χ3n) is 5.40. The first-order chi connectivity index (χ1) is 15.7. The van der Waals surface area contributed by atoms with Crippen molar-refractivity contribution in [2.24, 2.45) is 0 Å². The van der Waals surface area contributed by atoms with Crippen molar-refractivity contribution in [1.29, 1.82) is 0 Å². The molecule has 0 saturated heterocycles. The Morgan fingerprint density at radius 3 is 2.62 bits per heavy atom. The van der Waals surface area contributed by atoms with Gasteiger partial charge in [-0.05, 0) is 43.3 Å². The maximum atomic E-state index is 12.9. The zero-order valence-corrected chi connectivity index (χ0v) is 17.7. The van der Waals surface area contributed by atoms with Crippen LogP contribution >= 0.6 is 0 Å². The lowest BCUT2D eigenvalue weighted by Crippen LogP contribution is -2.30. The molecule has 6 heteroatoms. The van der Waals surface area contributed by atoms with Crippen LogP contribution in [0, 0.1) is 0 Å². The fourth-order valence-corrected chi connectivity index (χ4v) is 3.79. The molecular weight excluding hydrogens is 402 g/mol. The van der Waals surface area contributed by atoms with Gasteiger partial charge in [0.2, 0.25) is 5.91 Å². The minimum absolute atomic E-state index is 0.123. The Labute approximate surface area is 185 Å². The molecule has 0 saturated carbocycles. The molecule has 0 aliphatic rings. The monoisotopic (exact) mass is 425 g/mol. The number of carbonyl (C=O) groups is 1. The van der Waals surface area contributed by atoms with Gasteiger partial charge in [0.1, 0.15) is 36.1 Å². The maximum Gasteiger partial charge on any atom is 0.240 e. The molecule has 160 valence electrons. The average Bonchev–Trinajstić information content (AvgIpc) is 3.40. The molecule has 1 N–H and O–H groups in total. The Morgan fingerprint density at radius 2 is 1.78 bits per heavy atom. The van der Waals surface area contributed by atoms with Crippen molar-refractivity contribution in [3.05, 3.63) is 96.5 Å². The van der Waals surface area contributed by atoms with E-state index in [1.54, 1.807) is 0 Å². The first-order valence-electron chi connectivity index (χ1n) is 10.6. The molecule has 6 nitrogen and oxygen atoms in total. The molecule has 2 heterocycles. The number of rotatable bonds is 7. The van der Waals surface area contributed by atoms with Crippen LogP contribution in [0.15, 0.2) is 89.3 Å². The van der Waals surface area contributed by atoms with Crippen molar-refractivity contribution in [2.45, 2.75) is 26.1 Å². The molecule has 2 aromatic heterocycles. The lowest BCUT2D eigenvalue weighted by atomic mass is 10.2. The van der Waals surface area contributed by atoms with E-state index in [1.165, 1.54) is 0 Å². The largest absolute Gasteiger partial charge is 0.486 e. The molecule has 0 bridgehead atoms. The molecule has 32 heavy (non-hydrogen) atoms. The SMILES string of the molecule is CC(NC(=O)Cn1c(COc2ccccc2)nc2ccccc21)c1cc2ccccc2o1. The summed E-state index contributed by atoms with van der Waals surface area (Å²) in [6.45, 7) is 2.32. The summed E-state index contributed by atoms with van der Waals surface area (Å²) in [6, 6.07) is 26.9. The fraction of sp³-hybridized carbons (Fsp3) is 0.154. The highest BCUT2D eigenvalue weighted by atomic mass is 16.5. The summed E-state index contributed by atoms with van der Waals surface area (Å²) in [6.07, 6.45) is 0. The molecule has 0 fully saturated rings. The van der Waals surface area contributed by atoms with Gasteiger partial charge in [-0.15, -0.1) is 0 Å². The van der Waals surface area contributed by atoms with Gasteiger partial charge in [0.15, 0.2) is 0 Å². The number of imidazole rings is 1. The number of amides is 1. The van der Waals surface area contributed by atoms with E-state index in [4.69, 9.17) is 9.15 Å². The summed E-state index contributed by atoms with van der Waals surface area (Å²) in [4.78, 5) is 17.6. The molecule has 3 aromatic carbocycles. The van der Waals surface area contributed by atoms with Gasteiger partial charge in [0.25, 0.3) is 0 Å². The van der Waals surface area contributed by atoms with Gasteiger partial charge in [-0.3, -0.25) is 4.79 Å². The fourth-order valence-electron chi connectivity index (χ4n) is 3.79. The number of ether oxygens (including phenoxy) is 1. The van der Waals surface area contributed by atoms with E-state index in [1.807, 2.05) is 96.4 Å². The molecule has 1 atom stereocenters. The second kappa shape index (κ2) is 8.59. The molecule has 0 aliphatic carbocycles. The second-order valence-electron chi connectivity index (χ2n) is 7.68. The van der Waals surface area contributed by atoms with Gasteiger partial charge >= 0.3 is 0 Å². The smallest absolute Gasteiger partial charge is 0.240 e. The van der Waals surface area contributed by atoms with Crippen LogP contribution in [0.3, 0.4) is 0 Å². The third-order valence-corrected chi connectivity index (χ3v) is 5.40. The van der Waals surface area contributed by atoms with E-state index in [9.17, 15) is 4.79 Å². The summed E-state index contributed by atoms with van der Waals surface area (Å²) in [5.74, 6) is 2.06. The molecular formula is C26H23N3O3. The predicted octanol–water partition coefficient (Wildman–Crippen LogP) is 5.24. The summed E-state index contributed by atoms with van der Waals surface area (Å²) >= 11 is 0. The van der Waals surface area contributed by atoms with Gasteiger partial charge < -0.3 is 19.0 Å². The molecule has 1 unspecified atom stereocenters. The van der Waals surface area contributed by atoms with Crippen molar-refractivity contribution in [2.75, 3.05) is 0 Å². The van der Waals surface area contributed by atoms with Crippen LogP contribution in [0.5, 0.6) is 5.75 Å². The highest BCUT2D eigenvalue weighted by Crippen LogP contribution is 2.24. The van der Waals surface area contributed by atoms with Crippen LogP contribution in [0.25, 0.3) is 22.0 Å². The van der Waals surface area contributed by atoms with E-state index >= 15 is 0 Å². The summed E-state index contributed by atoms with van der Waals surface area (Å²) in [5, 5.41) is 4.06. The van der Waals surface area contributed by atoms with E-state index in [0.29, 0.717) is 5.82 Å². The van der Waals surface area contributed by atoms with E-state index < -0.39 is 0 Å². The molecule has 0 radical (unpaired) electrons. The van der Waals surface area contributed by atoms with Crippen LogP contribution in [-0.4, -0.2) is 15.5 Å². The van der Waals surface area contributed by atoms with E-state index in [2.05, 4.69) is 10.3 Å². The van der Waals surface area contributed by atoms with E-state index in [0.717, 1.165) is 33.5 Å². The number of hydrogen-bond acceptors (Lipinski definition) is 4. The number of hydrogen-bond donors (Lipinski definition) is 1. The number of nitrogens with one attached hydrogen (secondary N) is 1. The highest BCUT2D eigenvalue weighted by molar-refractivity contribution is 5.82. The minimum Gasteiger partial charge on any atom is -0.486 e. The standard InChI is InChI=1S/C26H23N3O3/c1-18(24-15-19-9-5-8-14-23(19)32-24)27-26(30)16-29-22-13-7-6-12-21(22)28-25(29)17-31-20-10-3-2-4-11-20/h2-15,18H,16-17H2,1H3,(H,27,30). The van der Waals surface area contributed by atoms with Crippen molar-refractivity contribution in [1.82, 2.24) is 14.9 Å². The van der Waals surface area contributed by atoms with Crippen LogP contribution in [0.2, 0.25) is 0 Å². The van der Waals surface area contributed by atoms with Crippen molar-refractivity contribution in [3.8, 4) is 5.75 Å². The summed E-state index contributed by atoms with van der Waals surface area (Å²) in [5.41, 5.74) is 2.53. The second-order valence-corrected chi connectivity index (χ2v) is 7.68. The molecule has 5 rings (SSSR count). The first kappa shape index (κ1) is 19.9. The maximum absolute atomic E-state index is 12.9. The van der Waals surface area contributed by atoms with Crippen LogP contribution in [0.4, 0.5) is 0 Å². The predicted molar refractivity (Wildman–Crippen MR) is 123 cm³/mol. The van der Waals surface area contributed by atoms with Crippen molar-refractivity contribution < 1.29 is 13.9 Å². The molecule has 0 spiro atoms. The Balaban J connectivity index is 1.34. The summed E-state index contributed by atoms with van der Waals surface area (Å²) in [7, 11) is 0. The number of nitrogens with zero attached hydrogens (tertiary/aromatic N) is 2. The number of furan rings is 1. The molecule has 5 aromatic rings. The van der Waals surface area contributed by atoms with Crippen LogP contribution in [-0.2, 0) is 17.9 Å². The Hall–Kier alpha value is -4.06. The van der Waals surface area contributed by atoms with E-state index in [-0.39, 0.29) is 25.1 Å². The summed E-state index contributed by atoms with van der Waals surface area (Å²) < 4.78 is 13.7. The van der Waals surface area contributed by atoms with Crippen molar-refractivity contribution >= 4 is 27.9 Å².